The largest absolute Gasteiger partial charge is 0.484 e. The summed E-state index contributed by atoms with van der Waals surface area (Å²) >= 11 is 3.33. The number of carbonyl (C=O) groups is 1. The van der Waals surface area contributed by atoms with E-state index in [1.165, 1.54) is 0 Å². The van der Waals surface area contributed by atoms with Gasteiger partial charge in [-0.25, -0.2) is 5.43 Å². The van der Waals surface area contributed by atoms with Crippen LogP contribution in [0.2, 0.25) is 0 Å². The molecular weight excluding hydrogens is 320 g/mol. The van der Waals surface area contributed by atoms with Gasteiger partial charge in [-0.05, 0) is 23.8 Å². The van der Waals surface area contributed by atoms with Crippen molar-refractivity contribution in [3.05, 3.63) is 64.6 Å². The summed E-state index contributed by atoms with van der Waals surface area (Å²) in [4.78, 5) is 11.5. The number of nitrogens with zero attached hydrogens (tertiary/aromatic N) is 1. The molecule has 20 heavy (non-hydrogen) atoms. The maximum Gasteiger partial charge on any atom is 0.277 e. The van der Waals surface area contributed by atoms with Crippen molar-refractivity contribution in [3.63, 3.8) is 0 Å². The molecule has 2 aromatic rings. The molecule has 5 heteroatoms. The molecule has 0 radical (unpaired) electrons. The van der Waals surface area contributed by atoms with Crippen LogP contribution in [0.3, 0.4) is 0 Å². The highest BCUT2D eigenvalue weighted by Gasteiger charge is 2.01. The van der Waals surface area contributed by atoms with Crippen molar-refractivity contribution < 1.29 is 9.53 Å². The van der Waals surface area contributed by atoms with Gasteiger partial charge >= 0.3 is 0 Å². The number of hydrazone groups is 1. The van der Waals surface area contributed by atoms with Gasteiger partial charge in [0.25, 0.3) is 5.91 Å². The van der Waals surface area contributed by atoms with Crippen LogP contribution in [-0.2, 0) is 4.79 Å². The van der Waals surface area contributed by atoms with Gasteiger partial charge in [-0.2, -0.15) is 5.10 Å². The molecule has 102 valence electrons. The molecule has 1 N–H and O–H groups in total. The predicted octanol–water partition coefficient (Wildman–Crippen LogP) is 2.98. The zero-order valence-corrected chi connectivity index (χ0v) is 12.2. The van der Waals surface area contributed by atoms with E-state index in [2.05, 4.69) is 26.5 Å². The SMILES string of the molecule is O=C(COc1cccc(Br)c1)N/N=C\c1ccccc1. The molecule has 2 rings (SSSR count). The first kappa shape index (κ1) is 14.3. The van der Waals surface area contributed by atoms with Gasteiger partial charge < -0.3 is 4.74 Å². The lowest BCUT2D eigenvalue weighted by molar-refractivity contribution is -0.123. The molecule has 0 aliphatic rings. The highest BCUT2D eigenvalue weighted by Crippen LogP contribution is 2.17. The molecular formula is C15H13BrN2O2. The lowest BCUT2D eigenvalue weighted by Gasteiger charge is -2.04. The number of hydrogen-bond donors (Lipinski definition) is 1. The van der Waals surface area contributed by atoms with Crippen LogP contribution in [0, 0.1) is 0 Å². The number of carbonyl (C=O) groups excluding carboxylic acids is 1. The Morgan fingerprint density at radius 1 is 1.20 bits per heavy atom. The Hall–Kier alpha value is -2.14. The molecule has 0 spiro atoms. The molecule has 0 fully saturated rings. The minimum Gasteiger partial charge on any atom is -0.484 e. The van der Waals surface area contributed by atoms with Crippen LogP contribution in [0.5, 0.6) is 5.75 Å². The maximum atomic E-state index is 11.5. The van der Waals surface area contributed by atoms with E-state index in [0.717, 1.165) is 10.0 Å². The summed E-state index contributed by atoms with van der Waals surface area (Å²) in [6.07, 6.45) is 1.58. The molecule has 0 bridgehead atoms. The van der Waals surface area contributed by atoms with Crippen molar-refractivity contribution in [1.29, 1.82) is 0 Å². The van der Waals surface area contributed by atoms with Gasteiger partial charge in [0.15, 0.2) is 6.61 Å². The van der Waals surface area contributed by atoms with E-state index in [1.54, 1.807) is 18.3 Å². The van der Waals surface area contributed by atoms with Crippen LogP contribution in [0.15, 0.2) is 64.2 Å². The molecule has 1 amide bonds. The number of rotatable bonds is 5. The standard InChI is InChI=1S/C15H13BrN2O2/c16-13-7-4-8-14(9-13)20-11-15(19)18-17-10-12-5-2-1-3-6-12/h1-10H,11H2,(H,18,19)/b17-10-. The van der Waals surface area contributed by atoms with Crippen LogP contribution in [0.4, 0.5) is 0 Å². The number of nitrogens with one attached hydrogen (secondary N) is 1. The van der Waals surface area contributed by atoms with E-state index in [-0.39, 0.29) is 12.5 Å². The second kappa shape index (κ2) is 7.45. The van der Waals surface area contributed by atoms with Crippen molar-refractivity contribution in [2.45, 2.75) is 0 Å². The Morgan fingerprint density at radius 2 is 2.00 bits per heavy atom. The topological polar surface area (TPSA) is 50.7 Å². The molecule has 0 saturated heterocycles. The molecule has 2 aromatic carbocycles. The molecule has 0 atom stereocenters. The van der Waals surface area contributed by atoms with Crippen molar-refractivity contribution in [2.24, 2.45) is 5.10 Å². The number of halogens is 1. The molecule has 0 aliphatic heterocycles. The second-order valence-corrected chi connectivity index (χ2v) is 4.87. The molecule has 0 saturated carbocycles. The summed E-state index contributed by atoms with van der Waals surface area (Å²) in [6.45, 7) is -0.0808. The number of benzene rings is 2. The second-order valence-electron chi connectivity index (χ2n) is 3.95. The summed E-state index contributed by atoms with van der Waals surface area (Å²) < 4.78 is 6.24. The lowest BCUT2D eigenvalue weighted by Crippen LogP contribution is -2.24. The fourth-order valence-corrected chi connectivity index (χ4v) is 1.83. The van der Waals surface area contributed by atoms with Crippen LogP contribution in [0.1, 0.15) is 5.56 Å². The Kier molecular flexibility index (Phi) is 5.32. The van der Waals surface area contributed by atoms with Gasteiger partial charge in [0.1, 0.15) is 5.75 Å². The zero-order valence-electron chi connectivity index (χ0n) is 10.6. The first-order valence-corrected chi connectivity index (χ1v) is 6.78. The first-order valence-electron chi connectivity index (χ1n) is 5.99. The number of hydrogen-bond acceptors (Lipinski definition) is 3. The summed E-state index contributed by atoms with van der Waals surface area (Å²) in [6, 6.07) is 16.8. The van der Waals surface area contributed by atoms with E-state index in [4.69, 9.17) is 4.74 Å². The third kappa shape index (κ3) is 4.85. The Labute approximate surface area is 125 Å². The van der Waals surface area contributed by atoms with E-state index >= 15 is 0 Å². The van der Waals surface area contributed by atoms with Gasteiger partial charge in [-0.15, -0.1) is 0 Å². The quantitative estimate of drug-likeness (QED) is 0.676. The molecule has 4 nitrogen and oxygen atoms in total. The van der Waals surface area contributed by atoms with Gasteiger partial charge in [-0.3, -0.25) is 4.79 Å². The van der Waals surface area contributed by atoms with E-state index in [1.807, 2.05) is 42.5 Å². The first-order chi connectivity index (χ1) is 9.74. The normalized spacial score (nSPS) is 10.4. The van der Waals surface area contributed by atoms with Crippen LogP contribution in [-0.4, -0.2) is 18.7 Å². The fourth-order valence-electron chi connectivity index (χ4n) is 1.46. The highest BCUT2D eigenvalue weighted by molar-refractivity contribution is 9.10. The Bertz CT molecular complexity index is 600. The van der Waals surface area contributed by atoms with E-state index in [0.29, 0.717) is 5.75 Å². The van der Waals surface area contributed by atoms with Crippen molar-refractivity contribution in [2.75, 3.05) is 6.61 Å². The smallest absolute Gasteiger partial charge is 0.277 e. The molecule has 0 aliphatic carbocycles. The average molecular weight is 333 g/mol. The third-order valence-corrected chi connectivity index (χ3v) is 2.86. The van der Waals surface area contributed by atoms with Crippen LogP contribution in [0.25, 0.3) is 0 Å². The Morgan fingerprint density at radius 3 is 2.75 bits per heavy atom. The maximum absolute atomic E-state index is 11.5. The molecule has 0 aromatic heterocycles. The summed E-state index contributed by atoms with van der Waals surface area (Å²) in [7, 11) is 0. The van der Waals surface area contributed by atoms with Gasteiger partial charge in [0.05, 0.1) is 6.21 Å². The van der Waals surface area contributed by atoms with Gasteiger partial charge in [0.2, 0.25) is 0 Å². The van der Waals surface area contributed by atoms with Crippen molar-refractivity contribution in [3.8, 4) is 5.75 Å². The molecule has 0 unspecified atom stereocenters. The number of ether oxygens (including phenoxy) is 1. The van der Waals surface area contributed by atoms with Crippen LogP contribution < -0.4 is 10.2 Å². The van der Waals surface area contributed by atoms with Gasteiger partial charge in [0, 0.05) is 4.47 Å². The molecule has 0 heterocycles. The third-order valence-electron chi connectivity index (χ3n) is 2.37. The van der Waals surface area contributed by atoms with E-state index < -0.39 is 0 Å². The lowest BCUT2D eigenvalue weighted by atomic mass is 10.2. The van der Waals surface area contributed by atoms with Gasteiger partial charge in [-0.1, -0.05) is 52.3 Å². The fraction of sp³-hybridized carbons (Fsp3) is 0.0667. The highest BCUT2D eigenvalue weighted by atomic mass is 79.9. The van der Waals surface area contributed by atoms with Crippen molar-refractivity contribution >= 4 is 28.1 Å². The minimum atomic E-state index is -0.308. The van der Waals surface area contributed by atoms with E-state index in [9.17, 15) is 4.79 Å². The average Bonchev–Trinajstić information content (AvgIpc) is 2.46. The van der Waals surface area contributed by atoms with Crippen molar-refractivity contribution in [1.82, 2.24) is 5.43 Å². The van der Waals surface area contributed by atoms with Crippen LogP contribution >= 0.6 is 15.9 Å². The zero-order chi connectivity index (χ0) is 14.2. The Balaban J connectivity index is 1.77. The monoisotopic (exact) mass is 332 g/mol. The number of amides is 1. The summed E-state index contributed by atoms with van der Waals surface area (Å²) in [5.74, 6) is 0.318. The minimum absolute atomic E-state index is 0.0808. The predicted molar refractivity (Wildman–Crippen MR) is 81.8 cm³/mol. The summed E-state index contributed by atoms with van der Waals surface area (Å²) in [5.41, 5.74) is 3.33. The summed E-state index contributed by atoms with van der Waals surface area (Å²) in [5, 5.41) is 3.86.